The first-order valence-electron chi connectivity index (χ1n) is 9.54. The summed E-state index contributed by atoms with van der Waals surface area (Å²) < 4.78 is 5.63. The fraction of sp³-hybridized carbons (Fsp3) is 0.208. The minimum atomic E-state index is -0.476. The van der Waals surface area contributed by atoms with Gasteiger partial charge in [-0.3, -0.25) is 10.1 Å². The second kappa shape index (κ2) is 9.72. The van der Waals surface area contributed by atoms with Gasteiger partial charge in [0.25, 0.3) is 0 Å². The zero-order chi connectivity index (χ0) is 19.8. The van der Waals surface area contributed by atoms with Crippen molar-refractivity contribution in [3.63, 3.8) is 0 Å². The number of amides is 1. The Kier molecular flexibility index (Phi) is 6.82. The predicted molar refractivity (Wildman–Crippen MR) is 113 cm³/mol. The molecule has 0 unspecified atom stereocenters. The number of anilines is 1. The van der Waals surface area contributed by atoms with E-state index in [1.165, 1.54) is 11.1 Å². The van der Waals surface area contributed by atoms with Crippen LogP contribution in [-0.4, -0.2) is 12.5 Å². The Bertz CT molecular complexity index is 909. The third-order valence-electron chi connectivity index (χ3n) is 4.60. The summed E-state index contributed by atoms with van der Waals surface area (Å²) in [6, 6.07) is 25.0. The lowest BCUT2D eigenvalue weighted by molar-refractivity contribution is -0.118. The Morgan fingerprint density at radius 2 is 1.61 bits per heavy atom. The third kappa shape index (κ3) is 4.99. The minimum absolute atomic E-state index is 0.119. The van der Waals surface area contributed by atoms with Crippen LogP contribution >= 0.6 is 0 Å². The average molecular weight is 374 g/mol. The first-order valence-corrected chi connectivity index (χ1v) is 9.54. The van der Waals surface area contributed by atoms with Gasteiger partial charge in [-0.25, -0.2) is 0 Å². The van der Waals surface area contributed by atoms with E-state index in [1.54, 1.807) is 0 Å². The molecule has 3 aromatic carbocycles. The Morgan fingerprint density at radius 3 is 2.36 bits per heavy atom. The minimum Gasteiger partial charge on any atom is -0.492 e. The van der Waals surface area contributed by atoms with E-state index >= 15 is 0 Å². The molecule has 3 rings (SSSR count). The number of carbonyl (C=O) groups is 1. The van der Waals surface area contributed by atoms with Crippen LogP contribution < -0.4 is 15.4 Å². The van der Waals surface area contributed by atoms with Crippen molar-refractivity contribution in [1.29, 1.82) is 0 Å². The zero-order valence-corrected chi connectivity index (χ0v) is 16.3. The molecule has 3 aromatic rings. The molecule has 0 aromatic heterocycles. The van der Waals surface area contributed by atoms with Crippen LogP contribution in [0, 0.1) is 6.92 Å². The zero-order valence-electron chi connectivity index (χ0n) is 16.3. The van der Waals surface area contributed by atoms with Crippen LogP contribution in [0.25, 0.3) is 0 Å². The van der Waals surface area contributed by atoms with Crippen molar-refractivity contribution in [3.05, 3.63) is 95.6 Å². The Balaban J connectivity index is 1.81. The lowest BCUT2D eigenvalue weighted by atomic mass is 10.0. The first kappa shape index (κ1) is 19.6. The maximum Gasteiger partial charge on any atom is 0.246 e. The van der Waals surface area contributed by atoms with E-state index in [9.17, 15) is 4.79 Å². The molecular weight excluding hydrogens is 348 g/mol. The highest BCUT2D eigenvalue weighted by Crippen LogP contribution is 2.25. The lowest BCUT2D eigenvalue weighted by Gasteiger charge is -2.20. The molecule has 0 bridgehead atoms. The fourth-order valence-corrected chi connectivity index (χ4v) is 3.08. The number of aryl methyl sites for hydroxylation is 1. The van der Waals surface area contributed by atoms with Crippen LogP contribution in [0.4, 0.5) is 5.69 Å². The summed E-state index contributed by atoms with van der Waals surface area (Å²) in [6.07, 6.45) is 0. The largest absolute Gasteiger partial charge is 0.492 e. The summed E-state index contributed by atoms with van der Waals surface area (Å²) in [7, 11) is 0. The quantitative estimate of drug-likeness (QED) is 0.592. The van der Waals surface area contributed by atoms with Gasteiger partial charge in [0.15, 0.2) is 0 Å². The van der Waals surface area contributed by atoms with E-state index in [0.29, 0.717) is 24.6 Å². The van der Waals surface area contributed by atoms with Crippen molar-refractivity contribution in [3.8, 4) is 5.75 Å². The molecule has 0 aliphatic heterocycles. The molecule has 4 heteroatoms. The standard InChI is InChI=1S/C24H26N2O2/c1-3-28-22-16-10-9-15-21(22)26-24(27)23(19-12-5-4-6-13-19)25-17-20-14-8-7-11-18(20)2/h4-16,23,25H,3,17H2,1-2H3,(H,26,27)/t23-/m1/s1. The Labute approximate surface area is 166 Å². The number of para-hydroxylation sites is 2. The summed E-state index contributed by atoms with van der Waals surface area (Å²) in [5.41, 5.74) is 3.96. The molecule has 0 saturated carbocycles. The maximum absolute atomic E-state index is 13.1. The van der Waals surface area contributed by atoms with Gasteiger partial charge in [-0.2, -0.15) is 0 Å². The molecule has 1 atom stereocenters. The molecule has 0 spiro atoms. The van der Waals surface area contributed by atoms with Gasteiger partial charge in [-0.15, -0.1) is 0 Å². The van der Waals surface area contributed by atoms with E-state index in [0.717, 1.165) is 5.56 Å². The van der Waals surface area contributed by atoms with Crippen LogP contribution in [0.1, 0.15) is 29.7 Å². The van der Waals surface area contributed by atoms with Crippen LogP contribution in [0.5, 0.6) is 5.75 Å². The molecule has 0 heterocycles. The Morgan fingerprint density at radius 1 is 0.929 bits per heavy atom. The van der Waals surface area contributed by atoms with Gasteiger partial charge in [0.2, 0.25) is 5.91 Å². The fourth-order valence-electron chi connectivity index (χ4n) is 3.08. The van der Waals surface area contributed by atoms with E-state index < -0.39 is 6.04 Å². The van der Waals surface area contributed by atoms with Crippen LogP contribution in [-0.2, 0) is 11.3 Å². The molecule has 0 aliphatic carbocycles. The molecule has 144 valence electrons. The Hall–Kier alpha value is -3.11. The smallest absolute Gasteiger partial charge is 0.246 e. The molecule has 0 fully saturated rings. The third-order valence-corrected chi connectivity index (χ3v) is 4.60. The van der Waals surface area contributed by atoms with Crippen molar-refractivity contribution < 1.29 is 9.53 Å². The second-order valence-electron chi connectivity index (χ2n) is 6.57. The average Bonchev–Trinajstić information content (AvgIpc) is 2.72. The summed E-state index contributed by atoms with van der Waals surface area (Å²) in [5.74, 6) is 0.552. The molecule has 0 aliphatic rings. The predicted octanol–water partition coefficient (Wildman–Crippen LogP) is 4.86. The molecule has 4 nitrogen and oxygen atoms in total. The van der Waals surface area contributed by atoms with Crippen LogP contribution in [0.15, 0.2) is 78.9 Å². The topological polar surface area (TPSA) is 50.4 Å². The van der Waals surface area contributed by atoms with Crippen molar-refractivity contribution in [2.24, 2.45) is 0 Å². The molecular formula is C24H26N2O2. The van der Waals surface area contributed by atoms with Gasteiger partial charge in [0.05, 0.1) is 12.3 Å². The van der Waals surface area contributed by atoms with Gasteiger partial charge in [-0.1, -0.05) is 66.7 Å². The molecule has 2 N–H and O–H groups in total. The van der Waals surface area contributed by atoms with Crippen LogP contribution in [0.2, 0.25) is 0 Å². The number of hydrogen-bond donors (Lipinski definition) is 2. The van der Waals surface area contributed by atoms with E-state index in [1.807, 2.05) is 73.7 Å². The number of nitrogens with one attached hydrogen (secondary N) is 2. The maximum atomic E-state index is 13.1. The molecule has 28 heavy (non-hydrogen) atoms. The van der Waals surface area contributed by atoms with Gasteiger partial charge in [-0.05, 0) is 42.7 Å². The summed E-state index contributed by atoms with van der Waals surface area (Å²) in [4.78, 5) is 13.1. The molecule has 0 saturated heterocycles. The van der Waals surface area contributed by atoms with Crippen molar-refractivity contribution in [1.82, 2.24) is 5.32 Å². The van der Waals surface area contributed by atoms with E-state index in [2.05, 4.69) is 29.7 Å². The van der Waals surface area contributed by atoms with Gasteiger partial charge in [0, 0.05) is 6.54 Å². The van der Waals surface area contributed by atoms with Gasteiger partial charge in [0.1, 0.15) is 11.8 Å². The normalized spacial score (nSPS) is 11.6. The highest BCUT2D eigenvalue weighted by molar-refractivity contribution is 5.96. The van der Waals surface area contributed by atoms with E-state index in [4.69, 9.17) is 4.74 Å². The van der Waals surface area contributed by atoms with Crippen LogP contribution in [0.3, 0.4) is 0 Å². The highest BCUT2D eigenvalue weighted by Gasteiger charge is 2.21. The molecule has 1 amide bonds. The number of benzene rings is 3. The van der Waals surface area contributed by atoms with Crippen molar-refractivity contribution >= 4 is 11.6 Å². The van der Waals surface area contributed by atoms with E-state index in [-0.39, 0.29) is 5.91 Å². The first-order chi connectivity index (χ1) is 13.7. The highest BCUT2D eigenvalue weighted by atomic mass is 16.5. The van der Waals surface area contributed by atoms with Gasteiger partial charge >= 0.3 is 0 Å². The SMILES string of the molecule is CCOc1ccccc1NC(=O)[C@H](NCc1ccccc1C)c1ccccc1. The number of ether oxygens (including phenoxy) is 1. The monoisotopic (exact) mass is 374 g/mol. The lowest BCUT2D eigenvalue weighted by Crippen LogP contribution is -2.33. The van der Waals surface area contributed by atoms with Gasteiger partial charge < -0.3 is 10.1 Å². The summed E-state index contributed by atoms with van der Waals surface area (Å²) >= 11 is 0. The summed E-state index contributed by atoms with van der Waals surface area (Å²) in [5, 5.41) is 6.43. The van der Waals surface area contributed by atoms with Crippen molar-refractivity contribution in [2.75, 3.05) is 11.9 Å². The summed E-state index contributed by atoms with van der Waals surface area (Å²) in [6.45, 7) is 5.15. The second-order valence-corrected chi connectivity index (χ2v) is 6.57. The number of hydrogen-bond acceptors (Lipinski definition) is 3. The number of rotatable bonds is 8. The molecule has 0 radical (unpaired) electrons. The number of carbonyl (C=O) groups excluding carboxylic acids is 1. The van der Waals surface area contributed by atoms with Crippen molar-refractivity contribution in [2.45, 2.75) is 26.4 Å².